The van der Waals surface area contributed by atoms with E-state index in [2.05, 4.69) is 65.3 Å². The smallest absolute Gasteiger partial charge is 0.328 e. The first kappa shape index (κ1) is 22.8. The Morgan fingerprint density at radius 2 is 1.66 bits per heavy atom. The molecule has 0 saturated carbocycles. The van der Waals surface area contributed by atoms with Gasteiger partial charge in [0.15, 0.2) is 0 Å². The molecule has 0 saturated heterocycles. The van der Waals surface area contributed by atoms with Crippen molar-refractivity contribution < 1.29 is 24.5 Å². The fourth-order valence-electron chi connectivity index (χ4n) is 3.47. The van der Waals surface area contributed by atoms with Gasteiger partial charge in [0.2, 0.25) is 0 Å². The van der Waals surface area contributed by atoms with Gasteiger partial charge in [-0.1, -0.05) is 30.3 Å². The van der Waals surface area contributed by atoms with Crippen LogP contribution in [0.1, 0.15) is 24.2 Å². The molecular weight excluding hydrogens is 408 g/mol. The number of carboxylic acid groups (broad SMARTS) is 2. The quantitative estimate of drug-likeness (QED) is 0.505. The molecule has 2 aromatic carbocycles. The van der Waals surface area contributed by atoms with Gasteiger partial charge in [-0.05, 0) is 54.4 Å². The lowest BCUT2D eigenvalue weighted by Gasteiger charge is -2.25. The maximum Gasteiger partial charge on any atom is 0.328 e. The van der Waals surface area contributed by atoms with Crippen molar-refractivity contribution in [2.75, 3.05) is 6.54 Å². The molecule has 1 aliphatic rings. The molecule has 3 N–H and O–H groups in total. The number of aromatic nitrogens is 1. The summed E-state index contributed by atoms with van der Waals surface area (Å²) in [7, 11) is 0. The Morgan fingerprint density at radius 3 is 2.28 bits per heavy atom. The van der Waals surface area contributed by atoms with E-state index in [1.807, 2.05) is 18.2 Å². The Bertz CT molecular complexity index is 1060. The number of hydrogen-bond donors (Lipinski definition) is 3. The molecular formula is C25H26N2O5. The highest BCUT2D eigenvalue weighted by Gasteiger charge is 2.18. The maximum absolute atomic E-state index is 9.55. The van der Waals surface area contributed by atoms with Gasteiger partial charge in [-0.25, -0.2) is 9.59 Å². The highest BCUT2D eigenvalue weighted by Crippen LogP contribution is 2.29. The van der Waals surface area contributed by atoms with E-state index in [-0.39, 0.29) is 0 Å². The molecule has 32 heavy (non-hydrogen) atoms. The zero-order valence-electron chi connectivity index (χ0n) is 17.8. The van der Waals surface area contributed by atoms with Crippen LogP contribution < -0.4 is 10.1 Å². The van der Waals surface area contributed by atoms with Crippen LogP contribution in [0.4, 0.5) is 0 Å². The average Bonchev–Trinajstić information content (AvgIpc) is 3.23. The number of nitrogens with zero attached hydrogens (tertiary/aromatic N) is 1. The molecule has 7 heteroatoms. The normalized spacial score (nSPS) is 14.8. The van der Waals surface area contributed by atoms with Gasteiger partial charge < -0.3 is 24.8 Å². The molecule has 166 valence electrons. The van der Waals surface area contributed by atoms with E-state index in [0.29, 0.717) is 24.8 Å². The first-order chi connectivity index (χ1) is 15.4. The molecule has 1 unspecified atom stereocenters. The van der Waals surface area contributed by atoms with Gasteiger partial charge in [0.1, 0.15) is 12.4 Å². The number of nitrogens with one attached hydrogen (secondary N) is 1. The number of carboxylic acids is 2. The van der Waals surface area contributed by atoms with Gasteiger partial charge in [-0.2, -0.15) is 0 Å². The van der Waals surface area contributed by atoms with Crippen LogP contribution in [-0.2, 0) is 22.7 Å². The number of rotatable bonds is 6. The Morgan fingerprint density at radius 1 is 1.00 bits per heavy atom. The summed E-state index contributed by atoms with van der Waals surface area (Å²) in [6.45, 7) is 4.86. The van der Waals surface area contributed by atoms with Gasteiger partial charge >= 0.3 is 11.9 Å². The summed E-state index contributed by atoms with van der Waals surface area (Å²) in [5.74, 6) is -1.61. The summed E-state index contributed by atoms with van der Waals surface area (Å²) >= 11 is 0. The van der Waals surface area contributed by atoms with E-state index >= 15 is 0 Å². The van der Waals surface area contributed by atoms with Crippen LogP contribution in [0.15, 0.2) is 78.9 Å². The Labute approximate surface area is 186 Å². The lowest BCUT2D eigenvalue weighted by atomic mass is 10.1. The Kier molecular flexibility index (Phi) is 7.83. The minimum Gasteiger partial charge on any atom is -0.489 e. The van der Waals surface area contributed by atoms with Gasteiger partial charge in [-0.15, -0.1) is 0 Å². The van der Waals surface area contributed by atoms with Gasteiger partial charge in [0.05, 0.1) is 0 Å². The number of fused-ring (bicyclic) bond motifs is 1. The average molecular weight is 434 g/mol. The van der Waals surface area contributed by atoms with Crippen molar-refractivity contribution in [1.29, 1.82) is 0 Å². The molecule has 0 aliphatic carbocycles. The molecule has 0 fully saturated rings. The maximum atomic E-state index is 9.55. The van der Waals surface area contributed by atoms with Crippen molar-refractivity contribution in [3.63, 3.8) is 0 Å². The second-order valence-electron chi connectivity index (χ2n) is 7.28. The van der Waals surface area contributed by atoms with Gasteiger partial charge in [0.25, 0.3) is 0 Å². The molecule has 1 aliphatic heterocycles. The Balaban J connectivity index is 0.000000312. The van der Waals surface area contributed by atoms with Gasteiger partial charge in [-0.3, -0.25) is 0 Å². The zero-order valence-corrected chi connectivity index (χ0v) is 17.8. The standard InChI is InChI=1S/C21H22N2O.C4H4O4/c1-16-20-11-12-21(23(20)14-13-22-16)18-7-9-19(10-8-18)24-15-17-5-3-2-4-6-17;5-3(6)1-2-4(7)8/h2-12,16,22H,13-15H2,1H3;1-2H,(H,5,6)(H,7,8)/b;2-1+. The lowest BCUT2D eigenvalue weighted by molar-refractivity contribution is -0.134. The third-order valence-corrected chi connectivity index (χ3v) is 5.01. The minimum absolute atomic E-state index is 0.418. The summed E-state index contributed by atoms with van der Waals surface area (Å²) in [6.07, 6.45) is 1.12. The second-order valence-corrected chi connectivity index (χ2v) is 7.28. The Hall–Kier alpha value is -3.84. The summed E-state index contributed by atoms with van der Waals surface area (Å²) in [6, 6.07) is 23.5. The first-order valence-electron chi connectivity index (χ1n) is 10.3. The molecule has 7 nitrogen and oxygen atoms in total. The van der Waals surface area contributed by atoms with Crippen LogP contribution in [0.3, 0.4) is 0 Å². The van der Waals surface area contributed by atoms with E-state index in [4.69, 9.17) is 14.9 Å². The van der Waals surface area contributed by atoms with Crippen molar-refractivity contribution in [3.8, 4) is 17.0 Å². The lowest BCUT2D eigenvalue weighted by Crippen LogP contribution is -2.31. The number of benzene rings is 2. The fourth-order valence-corrected chi connectivity index (χ4v) is 3.47. The summed E-state index contributed by atoms with van der Waals surface area (Å²) in [5, 5.41) is 19.1. The summed E-state index contributed by atoms with van der Waals surface area (Å²) < 4.78 is 8.29. The summed E-state index contributed by atoms with van der Waals surface area (Å²) in [4.78, 5) is 19.1. The third-order valence-electron chi connectivity index (χ3n) is 5.01. The predicted octanol–water partition coefficient (Wildman–Crippen LogP) is 4.11. The topological polar surface area (TPSA) is 101 Å². The van der Waals surface area contributed by atoms with E-state index in [0.717, 1.165) is 18.8 Å². The molecule has 0 bridgehead atoms. The second kappa shape index (κ2) is 11.0. The molecule has 0 radical (unpaired) electrons. The van der Waals surface area contributed by atoms with Crippen LogP contribution in [-0.4, -0.2) is 33.3 Å². The van der Waals surface area contributed by atoms with E-state index in [1.165, 1.54) is 22.5 Å². The molecule has 4 rings (SSSR count). The minimum atomic E-state index is -1.26. The largest absolute Gasteiger partial charge is 0.489 e. The molecule has 1 aromatic heterocycles. The number of carbonyl (C=O) groups is 2. The van der Waals surface area contributed by atoms with Crippen LogP contribution in [0.5, 0.6) is 5.75 Å². The number of ether oxygens (including phenoxy) is 1. The first-order valence-corrected chi connectivity index (χ1v) is 10.3. The number of hydrogen-bond acceptors (Lipinski definition) is 4. The molecule has 1 atom stereocenters. The van der Waals surface area contributed by atoms with Crippen LogP contribution in [0, 0.1) is 0 Å². The SMILES string of the molecule is CC1NCCn2c(-c3ccc(OCc4ccccc4)cc3)ccc21.O=C(O)/C=C/C(=O)O. The third kappa shape index (κ3) is 6.33. The van der Waals surface area contributed by atoms with E-state index < -0.39 is 11.9 Å². The van der Waals surface area contributed by atoms with Crippen LogP contribution >= 0.6 is 0 Å². The fraction of sp³-hybridized carbons (Fsp3) is 0.200. The number of aliphatic carboxylic acids is 2. The van der Waals surface area contributed by atoms with Crippen molar-refractivity contribution in [2.24, 2.45) is 0 Å². The van der Waals surface area contributed by atoms with Crippen molar-refractivity contribution in [2.45, 2.75) is 26.1 Å². The highest BCUT2D eigenvalue weighted by molar-refractivity contribution is 5.89. The van der Waals surface area contributed by atoms with Crippen molar-refractivity contribution in [1.82, 2.24) is 9.88 Å². The highest BCUT2D eigenvalue weighted by atomic mass is 16.5. The monoisotopic (exact) mass is 434 g/mol. The molecule has 3 aromatic rings. The van der Waals surface area contributed by atoms with Crippen molar-refractivity contribution >= 4 is 11.9 Å². The molecule has 0 amide bonds. The summed E-state index contributed by atoms with van der Waals surface area (Å²) in [5.41, 5.74) is 5.07. The van der Waals surface area contributed by atoms with Crippen LogP contribution in [0.2, 0.25) is 0 Å². The van der Waals surface area contributed by atoms with Gasteiger partial charge in [0, 0.05) is 42.7 Å². The zero-order chi connectivity index (χ0) is 22.9. The van der Waals surface area contributed by atoms with Crippen LogP contribution in [0.25, 0.3) is 11.3 Å². The van der Waals surface area contributed by atoms with Crippen molar-refractivity contribution in [3.05, 3.63) is 90.1 Å². The van der Waals surface area contributed by atoms with E-state index in [9.17, 15) is 9.59 Å². The van der Waals surface area contributed by atoms with E-state index in [1.54, 1.807) is 0 Å². The molecule has 2 heterocycles. The molecule has 0 spiro atoms. The predicted molar refractivity (Wildman–Crippen MR) is 121 cm³/mol.